The fourth-order valence-corrected chi connectivity index (χ4v) is 2.62. The van der Waals surface area contributed by atoms with Crippen molar-refractivity contribution < 1.29 is 9.47 Å². The first kappa shape index (κ1) is 15.0. The third kappa shape index (κ3) is 2.72. The van der Waals surface area contributed by atoms with Crippen molar-refractivity contribution in [3.63, 3.8) is 0 Å². The van der Waals surface area contributed by atoms with Crippen LogP contribution in [0.5, 0.6) is 11.5 Å². The van der Waals surface area contributed by atoms with Gasteiger partial charge < -0.3 is 9.47 Å². The topological polar surface area (TPSA) is 61.5 Å². The van der Waals surface area contributed by atoms with Gasteiger partial charge >= 0.3 is 0 Å². The Balaban J connectivity index is 1.66. The maximum Gasteiger partial charge on any atom is 0.175 e. The molecule has 1 aromatic carbocycles. The minimum Gasteiger partial charge on any atom is -0.497 e. The first-order valence-electron chi connectivity index (χ1n) is 7.64. The zero-order valence-corrected chi connectivity index (χ0v) is 13.5. The predicted molar refractivity (Wildman–Crippen MR) is 93.5 cm³/mol. The number of ether oxygens (including phenoxy) is 2. The Morgan fingerprint density at radius 2 is 2.08 bits per heavy atom. The van der Waals surface area contributed by atoms with Crippen molar-refractivity contribution in [3.05, 3.63) is 60.2 Å². The maximum absolute atomic E-state index is 5.96. The maximum atomic E-state index is 5.96. The number of hydrogen-bond donors (Lipinski definition) is 0. The lowest BCUT2D eigenvalue weighted by Gasteiger charge is -2.09. The summed E-state index contributed by atoms with van der Waals surface area (Å²) in [7, 11) is 1.63. The van der Waals surface area contributed by atoms with Gasteiger partial charge in [-0.05, 0) is 30.3 Å². The smallest absolute Gasteiger partial charge is 0.175 e. The largest absolute Gasteiger partial charge is 0.497 e. The van der Waals surface area contributed by atoms with Gasteiger partial charge in [0.25, 0.3) is 0 Å². The van der Waals surface area contributed by atoms with Crippen LogP contribution in [0.15, 0.2) is 48.8 Å². The van der Waals surface area contributed by atoms with Gasteiger partial charge in [0.15, 0.2) is 11.5 Å². The molecule has 0 unspecified atom stereocenters. The molecule has 25 heavy (non-hydrogen) atoms. The van der Waals surface area contributed by atoms with Crippen molar-refractivity contribution >= 4 is 16.6 Å². The number of fused-ring (bicyclic) bond motifs is 2. The van der Waals surface area contributed by atoms with E-state index in [0.29, 0.717) is 5.82 Å². The number of benzene rings is 1. The van der Waals surface area contributed by atoms with Gasteiger partial charge in [0, 0.05) is 29.4 Å². The zero-order valence-electron chi connectivity index (χ0n) is 13.5. The molecular formula is C19H14N4O2. The summed E-state index contributed by atoms with van der Waals surface area (Å²) in [5.74, 6) is 4.75. The highest BCUT2D eigenvalue weighted by molar-refractivity contribution is 5.85. The zero-order chi connectivity index (χ0) is 17.2. The van der Waals surface area contributed by atoms with E-state index >= 15 is 0 Å². The molecule has 0 fully saturated rings. The molecule has 6 heteroatoms. The third-order valence-electron chi connectivity index (χ3n) is 3.91. The summed E-state index contributed by atoms with van der Waals surface area (Å²) < 4.78 is 13.0. The van der Waals surface area contributed by atoms with E-state index in [-0.39, 0.29) is 6.61 Å². The molecular weight excluding hydrogens is 316 g/mol. The molecule has 0 atom stereocenters. The summed E-state index contributed by atoms with van der Waals surface area (Å²) in [5, 5.41) is 9.21. The van der Waals surface area contributed by atoms with Crippen LogP contribution >= 0.6 is 0 Å². The number of aromatic nitrogens is 4. The van der Waals surface area contributed by atoms with Gasteiger partial charge in [0.2, 0.25) is 0 Å². The van der Waals surface area contributed by atoms with Crippen LogP contribution in [0.3, 0.4) is 0 Å². The quantitative estimate of drug-likeness (QED) is 0.539. The molecule has 0 saturated heterocycles. The average Bonchev–Trinajstić information content (AvgIpc) is 3.07. The van der Waals surface area contributed by atoms with E-state index in [1.807, 2.05) is 47.0 Å². The highest BCUT2D eigenvalue weighted by Crippen LogP contribution is 2.27. The standard InChI is InChI=1S/C19H14N4O2/c1-3-13-4-7-18-21-22-19(23(18)11-13)12-25-17-8-9-20-16-10-14(24-2)5-6-15(16)17/h1,4-11H,12H2,2H3. The highest BCUT2D eigenvalue weighted by Gasteiger charge is 2.09. The van der Waals surface area contributed by atoms with Crippen molar-refractivity contribution in [3.8, 4) is 23.8 Å². The second kappa shape index (κ2) is 6.13. The molecule has 0 N–H and O–H groups in total. The van der Waals surface area contributed by atoms with Crippen molar-refractivity contribution in [1.82, 2.24) is 19.6 Å². The van der Waals surface area contributed by atoms with Crippen LogP contribution in [0.2, 0.25) is 0 Å². The average molecular weight is 330 g/mol. The Kier molecular flexibility index (Phi) is 3.67. The summed E-state index contributed by atoms with van der Waals surface area (Å²) in [6.07, 6.45) is 8.98. The minimum absolute atomic E-state index is 0.264. The fraction of sp³-hybridized carbons (Fsp3) is 0.105. The first-order chi connectivity index (χ1) is 12.3. The number of rotatable bonds is 4. The Morgan fingerprint density at radius 1 is 1.16 bits per heavy atom. The van der Waals surface area contributed by atoms with Crippen LogP contribution in [0.4, 0.5) is 0 Å². The van der Waals surface area contributed by atoms with E-state index < -0.39 is 0 Å². The molecule has 0 aliphatic heterocycles. The van der Waals surface area contributed by atoms with Crippen molar-refractivity contribution in [2.45, 2.75) is 6.61 Å². The lowest BCUT2D eigenvalue weighted by Crippen LogP contribution is -2.02. The summed E-state index contributed by atoms with van der Waals surface area (Å²) in [6.45, 7) is 0.264. The number of nitrogens with zero attached hydrogens (tertiary/aromatic N) is 4. The number of pyridine rings is 2. The predicted octanol–water partition coefficient (Wildman–Crippen LogP) is 2.85. The molecule has 4 rings (SSSR count). The fourth-order valence-electron chi connectivity index (χ4n) is 2.62. The lowest BCUT2D eigenvalue weighted by molar-refractivity contribution is 0.298. The van der Waals surface area contributed by atoms with Gasteiger partial charge in [-0.25, -0.2) is 0 Å². The molecule has 6 nitrogen and oxygen atoms in total. The molecule has 0 aliphatic carbocycles. The Hall–Kier alpha value is -3.59. The van der Waals surface area contributed by atoms with Gasteiger partial charge in [0.1, 0.15) is 18.1 Å². The lowest BCUT2D eigenvalue weighted by atomic mass is 10.2. The monoisotopic (exact) mass is 330 g/mol. The molecule has 0 saturated carbocycles. The van der Waals surface area contributed by atoms with Crippen LogP contribution < -0.4 is 9.47 Å². The Bertz CT molecular complexity index is 1110. The van der Waals surface area contributed by atoms with Gasteiger partial charge in [-0.1, -0.05) is 5.92 Å². The molecule has 0 amide bonds. The summed E-state index contributed by atoms with van der Waals surface area (Å²) in [5.41, 5.74) is 2.29. The van der Waals surface area contributed by atoms with Gasteiger partial charge in [-0.3, -0.25) is 9.38 Å². The number of terminal acetylenes is 1. The highest BCUT2D eigenvalue weighted by atomic mass is 16.5. The Morgan fingerprint density at radius 3 is 2.92 bits per heavy atom. The van der Waals surface area contributed by atoms with Crippen molar-refractivity contribution in [2.75, 3.05) is 7.11 Å². The molecule has 0 bridgehead atoms. The van der Waals surface area contributed by atoms with Gasteiger partial charge in [0.05, 0.1) is 12.6 Å². The first-order valence-corrected chi connectivity index (χ1v) is 7.64. The van der Waals surface area contributed by atoms with E-state index in [9.17, 15) is 0 Å². The third-order valence-corrected chi connectivity index (χ3v) is 3.91. The van der Waals surface area contributed by atoms with E-state index in [1.54, 1.807) is 13.3 Å². The second-order valence-corrected chi connectivity index (χ2v) is 5.39. The summed E-state index contributed by atoms with van der Waals surface area (Å²) >= 11 is 0. The van der Waals surface area contributed by atoms with Crippen LogP contribution in [0.1, 0.15) is 11.4 Å². The van der Waals surface area contributed by atoms with Crippen molar-refractivity contribution in [1.29, 1.82) is 0 Å². The molecule has 3 aromatic heterocycles. The minimum atomic E-state index is 0.264. The van der Waals surface area contributed by atoms with Crippen LogP contribution in [-0.2, 0) is 6.61 Å². The van der Waals surface area contributed by atoms with E-state index in [4.69, 9.17) is 15.9 Å². The Labute approximate surface area is 144 Å². The van der Waals surface area contributed by atoms with E-state index in [0.717, 1.165) is 33.6 Å². The van der Waals surface area contributed by atoms with Crippen molar-refractivity contribution in [2.24, 2.45) is 0 Å². The van der Waals surface area contributed by atoms with Crippen LogP contribution in [0.25, 0.3) is 16.6 Å². The van der Waals surface area contributed by atoms with E-state index in [2.05, 4.69) is 21.1 Å². The number of methoxy groups -OCH3 is 1. The molecule has 4 aromatic rings. The molecule has 0 aliphatic rings. The molecule has 0 spiro atoms. The van der Waals surface area contributed by atoms with Gasteiger partial charge in [-0.15, -0.1) is 16.6 Å². The van der Waals surface area contributed by atoms with Gasteiger partial charge in [-0.2, -0.15) is 0 Å². The van der Waals surface area contributed by atoms with Crippen LogP contribution in [-0.4, -0.2) is 26.7 Å². The summed E-state index contributed by atoms with van der Waals surface area (Å²) in [4.78, 5) is 4.35. The number of hydrogen-bond acceptors (Lipinski definition) is 5. The second-order valence-electron chi connectivity index (χ2n) is 5.39. The van der Waals surface area contributed by atoms with E-state index in [1.165, 1.54) is 0 Å². The molecule has 0 radical (unpaired) electrons. The van der Waals surface area contributed by atoms with Crippen LogP contribution in [0, 0.1) is 12.3 Å². The SMILES string of the molecule is C#Cc1ccc2nnc(COc3ccnc4cc(OC)ccc34)n2c1. The normalized spacial score (nSPS) is 10.7. The molecule has 3 heterocycles. The summed E-state index contributed by atoms with van der Waals surface area (Å²) in [6, 6.07) is 11.2. The molecule has 122 valence electrons.